The standard InChI is InChI=1S/C15H12ClN3O2S/c1-21-15(20)14-12(18)8-4-2-3-7(13(8)22-14)9-5-11(17)19-6-10(9)16/h2-6H,18H2,1H3,(H2,17,19). The van der Waals surface area contributed by atoms with Gasteiger partial charge in [-0.25, -0.2) is 9.78 Å². The Hall–Kier alpha value is -2.31. The number of hydrogen-bond donors (Lipinski definition) is 2. The topological polar surface area (TPSA) is 91.2 Å². The molecule has 1 aromatic carbocycles. The van der Waals surface area contributed by atoms with E-state index in [-0.39, 0.29) is 0 Å². The van der Waals surface area contributed by atoms with E-state index >= 15 is 0 Å². The minimum absolute atomic E-state index is 0.370. The van der Waals surface area contributed by atoms with Crippen LogP contribution in [-0.4, -0.2) is 18.1 Å². The molecule has 0 spiro atoms. The third-order valence-electron chi connectivity index (χ3n) is 3.29. The first kappa shape index (κ1) is 14.6. The molecule has 2 aromatic heterocycles. The molecule has 3 aromatic rings. The second-order valence-corrected chi connectivity index (χ2v) is 6.04. The maximum absolute atomic E-state index is 11.8. The summed E-state index contributed by atoms with van der Waals surface area (Å²) in [6, 6.07) is 7.31. The van der Waals surface area contributed by atoms with Crippen molar-refractivity contribution in [1.82, 2.24) is 4.98 Å². The van der Waals surface area contributed by atoms with Crippen LogP contribution in [0.1, 0.15) is 9.67 Å². The normalized spacial score (nSPS) is 10.8. The summed E-state index contributed by atoms with van der Waals surface area (Å²) in [6.45, 7) is 0. The molecule has 4 N–H and O–H groups in total. The van der Waals surface area contributed by atoms with Crippen LogP contribution in [0.25, 0.3) is 21.2 Å². The van der Waals surface area contributed by atoms with Gasteiger partial charge in [0.15, 0.2) is 0 Å². The highest BCUT2D eigenvalue weighted by atomic mass is 35.5. The number of ether oxygens (including phenoxy) is 1. The van der Waals surface area contributed by atoms with Crippen LogP contribution in [0.5, 0.6) is 0 Å². The molecule has 0 amide bonds. The van der Waals surface area contributed by atoms with Gasteiger partial charge < -0.3 is 16.2 Å². The number of nitrogen functional groups attached to an aromatic ring is 2. The summed E-state index contributed by atoms with van der Waals surface area (Å²) < 4.78 is 5.63. The van der Waals surface area contributed by atoms with Gasteiger partial charge in [0.25, 0.3) is 0 Å². The molecule has 0 aliphatic heterocycles. The van der Waals surface area contributed by atoms with Crippen LogP contribution in [0.3, 0.4) is 0 Å². The number of hydrogen-bond acceptors (Lipinski definition) is 6. The third-order valence-corrected chi connectivity index (χ3v) is 4.83. The second-order valence-electron chi connectivity index (χ2n) is 4.61. The van der Waals surface area contributed by atoms with Crippen molar-refractivity contribution in [2.75, 3.05) is 18.6 Å². The van der Waals surface area contributed by atoms with Crippen LogP contribution in [0, 0.1) is 0 Å². The Kier molecular flexibility index (Phi) is 3.64. The summed E-state index contributed by atoms with van der Waals surface area (Å²) in [4.78, 5) is 16.2. The molecule has 0 saturated carbocycles. The number of nitrogens with two attached hydrogens (primary N) is 2. The van der Waals surface area contributed by atoms with E-state index in [0.29, 0.717) is 21.4 Å². The van der Waals surface area contributed by atoms with Crippen LogP contribution in [0.4, 0.5) is 11.5 Å². The highest BCUT2D eigenvalue weighted by Crippen LogP contribution is 2.42. The molecule has 3 rings (SSSR count). The lowest BCUT2D eigenvalue weighted by molar-refractivity contribution is 0.0607. The summed E-state index contributed by atoms with van der Waals surface area (Å²) in [5, 5.41) is 1.27. The van der Waals surface area contributed by atoms with Gasteiger partial charge in [-0.05, 0) is 6.07 Å². The number of fused-ring (bicyclic) bond motifs is 1. The fourth-order valence-corrected chi connectivity index (χ4v) is 3.63. The summed E-state index contributed by atoms with van der Waals surface area (Å²) in [5.41, 5.74) is 13.8. The summed E-state index contributed by atoms with van der Waals surface area (Å²) >= 11 is 7.50. The third kappa shape index (κ3) is 2.26. The first-order valence-electron chi connectivity index (χ1n) is 6.33. The monoisotopic (exact) mass is 333 g/mol. The van der Waals surface area contributed by atoms with Crippen molar-refractivity contribution in [1.29, 1.82) is 0 Å². The largest absolute Gasteiger partial charge is 0.465 e. The number of aromatic nitrogens is 1. The number of carbonyl (C=O) groups excluding carboxylic acids is 1. The Bertz CT molecular complexity index is 892. The quantitative estimate of drug-likeness (QED) is 0.699. The lowest BCUT2D eigenvalue weighted by Gasteiger charge is -2.06. The number of benzene rings is 1. The van der Waals surface area contributed by atoms with Gasteiger partial charge in [-0.3, -0.25) is 0 Å². The Morgan fingerprint density at radius 1 is 1.32 bits per heavy atom. The predicted molar refractivity (Wildman–Crippen MR) is 90.2 cm³/mol. The summed E-state index contributed by atoms with van der Waals surface area (Å²) in [5.74, 6) is -0.0842. The fourth-order valence-electron chi connectivity index (χ4n) is 2.26. The molecular weight excluding hydrogens is 322 g/mol. The molecule has 0 bridgehead atoms. The van der Waals surface area contributed by atoms with E-state index in [1.165, 1.54) is 24.6 Å². The number of nitrogens with zero attached hydrogens (tertiary/aromatic N) is 1. The number of anilines is 2. The average molecular weight is 334 g/mol. The molecule has 2 heterocycles. The Morgan fingerprint density at radius 2 is 2.09 bits per heavy atom. The lowest BCUT2D eigenvalue weighted by Crippen LogP contribution is -2.01. The van der Waals surface area contributed by atoms with Gasteiger partial charge >= 0.3 is 5.97 Å². The van der Waals surface area contributed by atoms with E-state index in [1.807, 2.05) is 18.2 Å². The van der Waals surface area contributed by atoms with Crippen LogP contribution < -0.4 is 11.5 Å². The number of esters is 1. The van der Waals surface area contributed by atoms with Gasteiger partial charge in [-0.2, -0.15) is 0 Å². The molecule has 5 nitrogen and oxygen atoms in total. The van der Waals surface area contributed by atoms with E-state index in [9.17, 15) is 4.79 Å². The molecule has 0 saturated heterocycles. The van der Waals surface area contributed by atoms with Crippen LogP contribution in [0.15, 0.2) is 30.5 Å². The SMILES string of the molecule is COC(=O)c1sc2c(-c3cc(N)ncc3Cl)cccc2c1N. The van der Waals surface area contributed by atoms with Crippen molar-refractivity contribution in [3.63, 3.8) is 0 Å². The van der Waals surface area contributed by atoms with E-state index in [0.717, 1.165) is 21.2 Å². The Balaban J connectivity index is 2.32. The van der Waals surface area contributed by atoms with Gasteiger partial charge in [0, 0.05) is 27.4 Å². The number of carbonyl (C=O) groups is 1. The van der Waals surface area contributed by atoms with Gasteiger partial charge in [-0.15, -0.1) is 11.3 Å². The summed E-state index contributed by atoms with van der Waals surface area (Å²) in [7, 11) is 1.33. The molecule has 0 atom stereocenters. The van der Waals surface area contributed by atoms with Gasteiger partial charge in [0.1, 0.15) is 10.7 Å². The van der Waals surface area contributed by atoms with Gasteiger partial charge in [0.2, 0.25) is 0 Å². The Labute approximate surface area is 135 Å². The highest BCUT2D eigenvalue weighted by molar-refractivity contribution is 7.22. The molecule has 0 unspecified atom stereocenters. The van der Waals surface area contributed by atoms with Crippen molar-refractivity contribution in [3.8, 4) is 11.1 Å². The molecule has 7 heteroatoms. The zero-order chi connectivity index (χ0) is 15.9. The van der Waals surface area contributed by atoms with Crippen molar-refractivity contribution in [2.45, 2.75) is 0 Å². The smallest absolute Gasteiger partial charge is 0.350 e. The minimum atomic E-state index is -0.454. The molecule has 0 radical (unpaired) electrons. The average Bonchev–Trinajstić information content (AvgIpc) is 2.86. The van der Waals surface area contributed by atoms with Crippen molar-refractivity contribution >= 4 is 50.5 Å². The maximum atomic E-state index is 11.8. The van der Waals surface area contributed by atoms with Gasteiger partial charge in [0.05, 0.1) is 17.8 Å². The second kappa shape index (κ2) is 5.47. The van der Waals surface area contributed by atoms with Crippen molar-refractivity contribution in [3.05, 3.63) is 40.4 Å². The number of halogens is 1. The van der Waals surface area contributed by atoms with Crippen molar-refractivity contribution in [2.24, 2.45) is 0 Å². The number of pyridine rings is 1. The van der Waals surface area contributed by atoms with E-state index in [1.54, 1.807) is 6.07 Å². The van der Waals surface area contributed by atoms with E-state index in [4.69, 9.17) is 27.8 Å². The zero-order valence-electron chi connectivity index (χ0n) is 11.6. The van der Waals surface area contributed by atoms with Gasteiger partial charge in [-0.1, -0.05) is 29.8 Å². The maximum Gasteiger partial charge on any atom is 0.350 e. The lowest BCUT2D eigenvalue weighted by atomic mass is 10.0. The molecule has 112 valence electrons. The number of methoxy groups -OCH3 is 1. The zero-order valence-corrected chi connectivity index (χ0v) is 13.2. The van der Waals surface area contributed by atoms with E-state index < -0.39 is 5.97 Å². The fraction of sp³-hybridized carbons (Fsp3) is 0.0667. The minimum Gasteiger partial charge on any atom is -0.465 e. The highest BCUT2D eigenvalue weighted by Gasteiger charge is 2.19. The molecule has 0 aliphatic carbocycles. The number of rotatable bonds is 2. The number of thiophene rings is 1. The van der Waals surface area contributed by atoms with Crippen LogP contribution >= 0.6 is 22.9 Å². The van der Waals surface area contributed by atoms with Crippen LogP contribution in [-0.2, 0) is 4.74 Å². The first-order chi connectivity index (χ1) is 10.5. The Morgan fingerprint density at radius 3 is 2.82 bits per heavy atom. The van der Waals surface area contributed by atoms with Crippen molar-refractivity contribution < 1.29 is 9.53 Å². The first-order valence-corrected chi connectivity index (χ1v) is 7.53. The van der Waals surface area contributed by atoms with Crippen LogP contribution in [0.2, 0.25) is 5.02 Å². The molecule has 22 heavy (non-hydrogen) atoms. The van der Waals surface area contributed by atoms with E-state index in [2.05, 4.69) is 4.98 Å². The molecule has 0 aliphatic rings. The molecular formula is C15H12ClN3O2S. The summed E-state index contributed by atoms with van der Waals surface area (Å²) in [6.07, 6.45) is 1.50. The molecule has 0 fully saturated rings. The predicted octanol–water partition coefficient (Wildman–Crippen LogP) is 3.57.